The minimum atomic E-state index is -0.776. The molecule has 0 aromatic heterocycles. The van der Waals surface area contributed by atoms with Gasteiger partial charge in [0.1, 0.15) is 12.4 Å². The highest BCUT2D eigenvalue weighted by atomic mass is 19.1. The summed E-state index contributed by atoms with van der Waals surface area (Å²) in [4.78, 5) is 26.7. The second kappa shape index (κ2) is 9.30. The van der Waals surface area contributed by atoms with Crippen LogP contribution < -0.4 is 14.8 Å². The molecule has 1 N–H and O–H groups in total. The summed E-state index contributed by atoms with van der Waals surface area (Å²) < 4.78 is 30.1. The zero-order valence-electron chi connectivity index (χ0n) is 17.0. The number of hydrogen-bond donors (Lipinski definition) is 1. The van der Waals surface area contributed by atoms with Crippen LogP contribution in [0.25, 0.3) is 0 Å². The van der Waals surface area contributed by atoms with E-state index < -0.39 is 23.9 Å². The number of nitrogens with one attached hydrogen (secondary N) is 1. The van der Waals surface area contributed by atoms with Gasteiger partial charge < -0.3 is 19.5 Å². The molecule has 1 atom stereocenters. The van der Waals surface area contributed by atoms with Crippen LogP contribution in [0.3, 0.4) is 0 Å². The normalized spacial score (nSPS) is 16.2. The first-order valence-corrected chi connectivity index (χ1v) is 9.42. The standard InChI is InChI=1S/C22H23FN2O5/c1-4-29-21(26)19-17(13-30-18-11-6-5-10-16(18)23)25(2)22(27)24-20(19)14-8-7-9-15(12-14)28-3/h5-12,20H,4,13H2,1-3H3,(H,24,27)/t20-/m1/s1. The zero-order valence-corrected chi connectivity index (χ0v) is 17.0. The lowest BCUT2D eigenvalue weighted by molar-refractivity contribution is -0.139. The van der Waals surface area contributed by atoms with E-state index >= 15 is 0 Å². The maximum absolute atomic E-state index is 14.0. The van der Waals surface area contributed by atoms with Crippen LogP contribution in [-0.4, -0.2) is 44.3 Å². The first-order chi connectivity index (χ1) is 14.5. The number of para-hydroxylation sites is 1. The number of methoxy groups -OCH3 is 1. The third kappa shape index (κ3) is 4.37. The Bertz CT molecular complexity index is 976. The van der Waals surface area contributed by atoms with Gasteiger partial charge in [0.05, 0.1) is 31.0 Å². The minimum absolute atomic E-state index is 0.0190. The van der Waals surface area contributed by atoms with E-state index in [4.69, 9.17) is 14.2 Å². The number of carbonyl (C=O) groups is 2. The monoisotopic (exact) mass is 414 g/mol. The summed E-state index contributed by atoms with van der Waals surface area (Å²) in [6.45, 7) is 1.66. The Morgan fingerprint density at radius 2 is 1.97 bits per heavy atom. The molecule has 0 saturated carbocycles. The van der Waals surface area contributed by atoms with Gasteiger partial charge in [-0.25, -0.2) is 14.0 Å². The summed E-state index contributed by atoms with van der Waals surface area (Å²) in [6.07, 6.45) is 0. The van der Waals surface area contributed by atoms with Gasteiger partial charge in [-0.05, 0) is 36.8 Å². The number of amides is 2. The molecular formula is C22H23FN2O5. The maximum atomic E-state index is 14.0. The number of likely N-dealkylation sites (N-methyl/N-ethyl adjacent to an activating group) is 1. The number of rotatable bonds is 7. The van der Waals surface area contributed by atoms with E-state index in [1.807, 2.05) is 0 Å². The molecule has 0 unspecified atom stereocenters. The van der Waals surface area contributed by atoms with Crippen LogP contribution in [0.4, 0.5) is 9.18 Å². The molecule has 0 saturated heterocycles. The molecule has 0 aliphatic carbocycles. The number of urea groups is 1. The summed E-state index contributed by atoms with van der Waals surface area (Å²) >= 11 is 0. The molecule has 1 aliphatic heterocycles. The number of ether oxygens (including phenoxy) is 3. The van der Waals surface area contributed by atoms with Crippen molar-refractivity contribution in [1.82, 2.24) is 10.2 Å². The van der Waals surface area contributed by atoms with Gasteiger partial charge in [0.25, 0.3) is 0 Å². The first kappa shape index (κ1) is 21.2. The molecule has 0 bridgehead atoms. The summed E-state index contributed by atoms with van der Waals surface area (Å²) in [5, 5.41) is 2.81. The van der Waals surface area contributed by atoms with Crippen molar-refractivity contribution in [2.75, 3.05) is 27.4 Å². The minimum Gasteiger partial charge on any atom is -0.497 e. The van der Waals surface area contributed by atoms with Crippen molar-refractivity contribution < 1.29 is 28.2 Å². The molecule has 158 valence electrons. The summed E-state index contributed by atoms with van der Waals surface area (Å²) in [5.41, 5.74) is 1.14. The van der Waals surface area contributed by atoms with Gasteiger partial charge in [-0.15, -0.1) is 0 Å². The van der Waals surface area contributed by atoms with E-state index in [0.717, 1.165) is 0 Å². The molecule has 1 heterocycles. The van der Waals surface area contributed by atoms with Crippen molar-refractivity contribution in [3.05, 3.63) is 71.2 Å². The molecule has 2 aromatic rings. The highest BCUT2D eigenvalue weighted by Crippen LogP contribution is 2.33. The van der Waals surface area contributed by atoms with Gasteiger partial charge in [-0.2, -0.15) is 0 Å². The third-order valence-electron chi connectivity index (χ3n) is 4.70. The summed E-state index contributed by atoms with van der Waals surface area (Å²) in [7, 11) is 3.04. The molecule has 2 aromatic carbocycles. The van der Waals surface area contributed by atoms with Gasteiger partial charge in [0.2, 0.25) is 0 Å². The Kier molecular flexibility index (Phi) is 6.56. The molecule has 30 heavy (non-hydrogen) atoms. The molecule has 8 heteroatoms. The lowest BCUT2D eigenvalue weighted by Gasteiger charge is -2.34. The number of hydrogen-bond acceptors (Lipinski definition) is 5. The molecule has 3 rings (SSSR count). The maximum Gasteiger partial charge on any atom is 0.338 e. The van der Waals surface area contributed by atoms with Crippen molar-refractivity contribution in [2.24, 2.45) is 0 Å². The van der Waals surface area contributed by atoms with Gasteiger partial charge in [0, 0.05) is 7.05 Å². The predicted molar refractivity (Wildman–Crippen MR) is 108 cm³/mol. The quantitative estimate of drug-likeness (QED) is 0.703. The van der Waals surface area contributed by atoms with Crippen LogP contribution in [0, 0.1) is 5.82 Å². The number of benzene rings is 2. The number of carbonyl (C=O) groups excluding carboxylic acids is 2. The van der Waals surface area contributed by atoms with Gasteiger partial charge >= 0.3 is 12.0 Å². The topological polar surface area (TPSA) is 77.1 Å². The highest BCUT2D eigenvalue weighted by Gasteiger charge is 2.37. The van der Waals surface area contributed by atoms with Crippen LogP contribution in [0.5, 0.6) is 11.5 Å². The highest BCUT2D eigenvalue weighted by molar-refractivity contribution is 5.95. The fourth-order valence-electron chi connectivity index (χ4n) is 3.16. The largest absolute Gasteiger partial charge is 0.497 e. The molecule has 2 amide bonds. The molecule has 7 nitrogen and oxygen atoms in total. The molecule has 0 fully saturated rings. The van der Waals surface area contributed by atoms with Crippen molar-refractivity contribution in [3.63, 3.8) is 0 Å². The van der Waals surface area contributed by atoms with Crippen LogP contribution >= 0.6 is 0 Å². The lowest BCUT2D eigenvalue weighted by atomic mass is 9.94. The Labute approximate surface area is 174 Å². The zero-order chi connectivity index (χ0) is 21.7. The van der Waals surface area contributed by atoms with E-state index in [2.05, 4.69) is 5.32 Å². The van der Waals surface area contributed by atoms with Crippen molar-refractivity contribution in [3.8, 4) is 11.5 Å². The second-order valence-corrected chi connectivity index (χ2v) is 6.52. The van der Waals surface area contributed by atoms with E-state index in [0.29, 0.717) is 11.3 Å². The lowest BCUT2D eigenvalue weighted by Crippen LogP contribution is -2.48. The SMILES string of the molecule is CCOC(=O)C1=C(COc2ccccc2F)N(C)C(=O)N[C@@H]1c1cccc(OC)c1. The van der Waals surface area contributed by atoms with Gasteiger partial charge in [-0.1, -0.05) is 24.3 Å². The average molecular weight is 414 g/mol. The van der Waals surface area contributed by atoms with Gasteiger partial charge in [-0.3, -0.25) is 4.90 Å². The summed E-state index contributed by atoms with van der Waals surface area (Å²) in [6, 6.07) is 11.7. The van der Waals surface area contributed by atoms with Crippen molar-refractivity contribution in [1.29, 1.82) is 0 Å². The average Bonchev–Trinajstić information content (AvgIpc) is 2.75. The first-order valence-electron chi connectivity index (χ1n) is 9.42. The van der Waals surface area contributed by atoms with Crippen LogP contribution in [-0.2, 0) is 9.53 Å². The Hall–Kier alpha value is -3.55. The molecule has 1 aliphatic rings. The van der Waals surface area contributed by atoms with Crippen LogP contribution in [0.15, 0.2) is 59.8 Å². The van der Waals surface area contributed by atoms with Crippen LogP contribution in [0.1, 0.15) is 18.5 Å². The number of halogens is 1. The fraction of sp³-hybridized carbons (Fsp3) is 0.273. The Morgan fingerprint density at radius 3 is 2.67 bits per heavy atom. The fourth-order valence-corrected chi connectivity index (χ4v) is 3.16. The number of nitrogens with zero attached hydrogens (tertiary/aromatic N) is 1. The van der Waals surface area contributed by atoms with Crippen molar-refractivity contribution in [2.45, 2.75) is 13.0 Å². The Morgan fingerprint density at radius 1 is 1.20 bits per heavy atom. The smallest absolute Gasteiger partial charge is 0.338 e. The van der Waals surface area contributed by atoms with E-state index in [1.165, 1.54) is 31.2 Å². The third-order valence-corrected chi connectivity index (χ3v) is 4.70. The van der Waals surface area contributed by atoms with E-state index in [-0.39, 0.29) is 30.2 Å². The molecule has 0 radical (unpaired) electrons. The molecule has 0 spiro atoms. The second-order valence-electron chi connectivity index (χ2n) is 6.52. The summed E-state index contributed by atoms with van der Waals surface area (Å²) in [5.74, 6) is -0.536. The van der Waals surface area contributed by atoms with E-state index in [9.17, 15) is 14.0 Å². The van der Waals surface area contributed by atoms with Gasteiger partial charge in [0.15, 0.2) is 11.6 Å². The Balaban J connectivity index is 2.05. The molecular weight excluding hydrogens is 391 g/mol. The van der Waals surface area contributed by atoms with E-state index in [1.54, 1.807) is 43.3 Å². The predicted octanol–water partition coefficient (Wildman–Crippen LogP) is 3.43. The van der Waals surface area contributed by atoms with Crippen molar-refractivity contribution >= 4 is 12.0 Å². The van der Waals surface area contributed by atoms with Crippen LogP contribution in [0.2, 0.25) is 0 Å². The number of esters is 1.